The van der Waals surface area contributed by atoms with Crippen LogP contribution in [0, 0.1) is 0 Å². The molecule has 0 unspecified atom stereocenters. The number of para-hydroxylation sites is 1. The molecule has 2 nitrogen and oxygen atoms in total. The molecule has 2 heteroatoms. The van der Waals surface area contributed by atoms with Crippen molar-refractivity contribution in [3.63, 3.8) is 0 Å². The second-order valence-electron chi connectivity index (χ2n) is 5.35. The van der Waals surface area contributed by atoms with Crippen LogP contribution in [0.15, 0.2) is 90.7 Å². The highest BCUT2D eigenvalue weighted by Crippen LogP contribution is 2.15. The molecule has 3 rings (SSSR count). The van der Waals surface area contributed by atoms with Gasteiger partial charge in [0.05, 0.1) is 0 Å². The zero-order valence-corrected chi connectivity index (χ0v) is 13.0. The number of allylic oxidation sites excluding steroid dienone is 5. The summed E-state index contributed by atoms with van der Waals surface area (Å²) in [5.74, 6) is 1.78. The van der Waals surface area contributed by atoms with E-state index >= 15 is 0 Å². The minimum Gasteiger partial charge on any atom is -0.489 e. The molecule has 2 aromatic rings. The van der Waals surface area contributed by atoms with Crippen molar-refractivity contribution in [3.05, 3.63) is 102 Å². The van der Waals surface area contributed by atoms with E-state index in [0.29, 0.717) is 13.2 Å². The fourth-order valence-corrected chi connectivity index (χ4v) is 2.32. The van der Waals surface area contributed by atoms with E-state index in [1.807, 2.05) is 54.6 Å². The first-order valence-corrected chi connectivity index (χ1v) is 7.82. The summed E-state index contributed by atoms with van der Waals surface area (Å²) in [6, 6.07) is 18.2. The molecule has 0 saturated heterocycles. The largest absolute Gasteiger partial charge is 0.489 e. The average molecular weight is 304 g/mol. The van der Waals surface area contributed by atoms with E-state index in [9.17, 15) is 0 Å². The minimum atomic E-state index is 0.559. The van der Waals surface area contributed by atoms with Crippen molar-refractivity contribution < 1.29 is 9.47 Å². The predicted molar refractivity (Wildman–Crippen MR) is 93.0 cm³/mol. The standard InChI is InChI=1S/C21H20O2/c1-2-5-12-20(11-4-1)22-16-18-9-8-10-19(15-18)17-23-21-13-6-3-7-14-21/h1,3-15H,2,16-17H2. The Bertz CT molecular complexity index is 712. The van der Waals surface area contributed by atoms with Gasteiger partial charge in [-0.2, -0.15) is 0 Å². The smallest absolute Gasteiger partial charge is 0.119 e. The molecule has 23 heavy (non-hydrogen) atoms. The molecule has 0 atom stereocenters. The average Bonchev–Trinajstić information content (AvgIpc) is 2.88. The molecule has 0 spiro atoms. The van der Waals surface area contributed by atoms with Gasteiger partial charge in [-0.25, -0.2) is 0 Å². The van der Waals surface area contributed by atoms with Gasteiger partial charge in [0, 0.05) is 0 Å². The van der Waals surface area contributed by atoms with Crippen molar-refractivity contribution in [1.29, 1.82) is 0 Å². The summed E-state index contributed by atoms with van der Waals surface area (Å²) < 4.78 is 11.6. The Kier molecular flexibility index (Phi) is 5.30. The van der Waals surface area contributed by atoms with Gasteiger partial charge in [-0.3, -0.25) is 0 Å². The van der Waals surface area contributed by atoms with Crippen LogP contribution in [0.3, 0.4) is 0 Å². The fourth-order valence-electron chi connectivity index (χ4n) is 2.32. The fraction of sp³-hybridized carbons (Fsp3) is 0.143. The van der Waals surface area contributed by atoms with Crippen LogP contribution in [0.2, 0.25) is 0 Å². The van der Waals surface area contributed by atoms with Crippen LogP contribution in [0.5, 0.6) is 5.75 Å². The van der Waals surface area contributed by atoms with Gasteiger partial charge in [-0.05, 0) is 47.9 Å². The van der Waals surface area contributed by atoms with Gasteiger partial charge >= 0.3 is 0 Å². The Morgan fingerprint density at radius 1 is 0.783 bits per heavy atom. The first kappa shape index (κ1) is 15.2. The maximum Gasteiger partial charge on any atom is 0.119 e. The second kappa shape index (κ2) is 8.04. The molecule has 0 fully saturated rings. The molecule has 0 aliphatic heterocycles. The zero-order valence-electron chi connectivity index (χ0n) is 13.0. The summed E-state index contributed by atoms with van der Waals surface area (Å²) in [4.78, 5) is 0. The molecule has 1 aliphatic carbocycles. The Balaban J connectivity index is 1.57. The Morgan fingerprint density at radius 3 is 2.39 bits per heavy atom. The van der Waals surface area contributed by atoms with E-state index in [4.69, 9.17) is 9.47 Å². The van der Waals surface area contributed by atoms with Crippen LogP contribution in [0.1, 0.15) is 17.5 Å². The van der Waals surface area contributed by atoms with Crippen molar-refractivity contribution in [2.75, 3.05) is 0 Å². The first-order valence-electron chi connectivity index (χ1n) is 7.82. The third-order valence-electron chi connectivity index (χ3n) is 3.50. The van der Waals surface area contributed by atoms with Gasteiger partial charge in [0.15, 0.2) is 0 Å². The lowest BCUT2D eigenvalue weighted by atomic mass is 10.1. The third kappa shape index (κ3) is 4.89. The molecule has 116 valence electrons. The van der Waals surface area contributed by atoms with Gasteiger partial charge in [-0.1, -0.05) is 54.6 Å². The van der Waals surface area contributed by atoms with Gasteiger partial charge in [-0.15, -0.1) is 0 Å². The lowest BCUT2D eigenvalue weighted by Gasteiger charge is -2.09. The molecular formula is C21H20O2. The van der Waals surface area contributed by atoms with Crippen molar-refractivity contribution in [1.82, 2.24) is 0 Å². The summed E-state index contributed by atoms with van der Waals surface area (Å²) >= 11 is 0. The summed E-state index contributed by atoms with van der Waals surface area (Å²) in [6.45, 7) is 1.12. The van der Waals surface area contributed by atoms with Gasteiger partial charge in [0.25, 0.3) is 0 Å². The van der Waals surface area contributed by atoms with E-state index in [1.165, 1.54) is 0 Å². The van der Waals surface area contributed by atoms with Crippen molar-refractivity contribution in [2.24, 2.45) is 0 Å². The van der Waals surface area contributed by atoms with E-state index < -0.39 is 0 Å². The van der Waals surface area contributed by atoms with Gasteiger partial charge in [0.2, 0.25) is 0 Å². The maximum absolute atomic E-state index is 5.85. The van der Waals surface area contributed by atoms with Crippen LogP contribution in [0.25, 0.3) is 0 Å². The third-order valence-corrected chi connectivity index (χ3v) is 3.50. The monoisotopic (exact) mass is 304 g/mol. The number of hydrogen-bond acceptors (Lipinski definition) is 2. The van der Waals surface area contributed by atoms with Gasteiger partial charge in [0.1, 0.15) is 24.7 Å². The summed E-state index contributed by atoms with van der Waals surface area (Å²) in [7, 11) is 0. The van der Waals surface area contributed by atoms with Crippen molar-refractivity contribution in [3.8, 4) is 5.75 Å². The highest BCUT2D eigenvalue weighted by Gasteiger charge is 2.00. The lowest BCUT2D eigenvalue weighted by molar-refractivity contribution is 0.211. The predicted octanol–water partition coefficient (Wildman–Crippen LogP) is 5.18. The van der Waals surface area contributed by atoms with Crippen LogP contribution in [-0.4, -0.2) is 0 Å². The molecule has 2 aromatic carbocycles. The molecule has 0 N–H and O–H groups in total. The Morgan fingerprint density at radius 2 is 1.57 bits per heavy atom. The Hall–Kier alpha value is -2.74. The quantitative estimate of drug-likeness (QED) is 0.732. The molecule has 0 saturated carbocycles. The first-order chi connectivity index (χ1) is 11.4. The summed E-state index contributed by atoms with van der Waals surface area (Å²) in [5, 5.41) is 0. The van der Waals surface area contributed by atoms with E-state index in [1.54, 1.807) is 0 Å². The maximum atomic E-state index is 5.85. The van der Waals surface area contributed by atoms with E-state index in [-0.39, 0.29) is 0 Å². The molecule has 0 aromatic heterocycles. The van der Waals surface area contributed by atoms with Gasteiger partial charge < -0.3 is 9.47 Å². The van der Waals surface area contributed by atoms with Crippen LogP contribution in [0.4, 0.5) is 0 Å². The van der Waals surface area contributed by atoms with Crippen LogP contribution >= 0.6 is 0 Å². The SMILES string of the molecule is C1=CCC=CC(OCc2cccc(COc3ccccc3)c2)=C1. The molecule has 0 heterocycles. The Labute approximate surface area is 137 Å². The molecule has 0 radical (unpaired) electrons. The normalized spacial score (nSPS) is 13.3. The highest BCUT2D eigenvalue weighted by atomic mass is 16.5. The molecule has 0 amide bonds. The second-order valence-corrected chi connectivity index (χ2v) is 5.35. The minimum absolute atomic E-state index is 0.559. The number of ether oxygens (including phenoxy) is 2. The number of benzene rings is 2. The van der Waals surface area contributed by atoms with Crippen molar-refractivity contribution in [2.45, 2.75) is 19.6 Å². The number of hydrogen-bond donors (Lipinski definition) is 0. The van der Waals surface area contributed by atoms with E-state index in [2.05, 4.69) is 30.4 Å². The zero-order chi connectivity index (χ0) is 15.7. The summed E-state index contributed by atoms with van der Waals surface area (Å²) in [5.41, 5.74) is 2.28. The summed E-state index contributed by atoms with van der Waals surface area (Å²) in [6.07, 6.45) is 11.2. The molecule has 0 bridgehead atoms. The highest BCUT2D eigenvalue weighted by molar-refractivity contribution is 5.26. The van der Waals surface area contributed by atoms with Crippen LogP contribution < -0.4 is 4.74 Å². The number of rotatable bonds is 6. The van der Waals surface area contributed by atoms with E-state index in [0.717, 1.165) is 29.1 Å². The van der Waals surface area contributed by atoms with Crippen molar-refractivity contribution >= 4 is 0 Å². The van der Waals surface area contributed by atoms with Crippen LogP contribution in [-0.2, 0) is 18.0 Å². The molecular weight excluding hydrogens is 284 g/mol. The lowest BCUT2D eigenvalue weighted by Crippen LogP contribution is -1.97. The molecule has 1 aliphatic rings. The topological polar surface area (TPSA) is 18.5 Å².